The van der Waals surface area contributed by atoms with Crippen LogP contribution in [-0.4, -0.2) is 14.3 Å². The number of carbonyl (C=O) groups is 1. The Bertz CT molecular complexity index is 712. The minimum Gasteiger partial charge on any atom is -0.322 e. The molecule has 19 heavy (non-hydrogen) atoms. The van der Waals surface area contributed by atoms with E-state index >= 15 is 0 Å². The van der Waals surface area contributed by atoms with Crippen LogP contribution in [0.2, 0.25) is 0 Å². The molecule has 2 rings (SSSR count). The maximum absolute atomic E-state index is 13.3. The third-order valence-electron chi connectivity index (χ3n) is 2.24. The molecular formula is C11H9FN2O3S2. The lowest BCUT2D eigenvalue weighted by Crippen LogP contribution is -2.15. The van der Waals surface area contributed by atoms with Crippen LogP contribution in [0, 0.1) is 5.82 Å². The highest BCUT2D eigenvalue weighted by atomic mass is 32.2. The lowest BCUT2D eigenvalue weighted by Gasteiger charge is -2.06. The quantitative estimate of drug-likeness (QED) is 0.905. The molecule has 0 aliphatic heterocycles. The summed E-state index contributed by atoms with van der Waals surface area (Å²) in [5, 5.41) is 10.7. The number of benzene rings is 1. The molecule has 1 aromatic heterocycles. The van der Waals surface area contributed by atoms with Gasteiger partial charge in [-0.25, -0.2) is 17.9 Å². The first-order valence-corrected chi connectivity index (χ1v) is 7.52. The van der Waals surface area contributed by atoms with Crippen molar-refractivity contribution < 1.29 is 17.6 Å². The number of hydrogen-bond donors (Lipinski definition) is 2. The van der Waals surface area contributed by atoms with Crippen molar-refractivity contribution in [3.63, 3.8) is 0 Å². The van der Waals surface area contributed by atoms with Gasteiger partial charge in [-0.15, -0.1) is 0 Å². The number of carbonyl (C=O) groups excluding carboxylic acids is 1. The molecule has 0 unspecified atom stereocenters. The zero-order valence-electron chi connectivity index (χ0n) is 9.46. The predicted molar refractivity (Wildman–Crippen MR) is 70.0 cm³/mol. The van der Waals surface area contributed by atoms with Gasteiger partial charge in [-0.2, -0.15) is 11.3 Å². The average molecular weight is 300 g/mol. The van der Waals surface area contributed by atoms with Crippen LogP contribution in [0.3, 0.4) is 0 Å². The average Bonchev–Trinajstić information content (AvgIpc) is 2.80. The number of primary sulfonamides is 1. The van der Waals surface area contributed by atoms with E-state index < -0.39 is 26.6 Å². The van der Waals surface area contributed by atoms with Gasteiger partial charge in [0.15, 0.2) is 0 Å². The molecule has 0 aliphatic carbocycles. The van der Waals surface area contributed by atoms with E-state index in [4.69, 9.17) is 5.14 Å². The lowest BCUT2D eigenvalue weighted by molar-refractivity contribution is 0.102. The number of nitrogens with one attached hydrogen (secondary N) is 1. The van der Waals surface area contributed by atoms with E-state index in [1.807, 2.05) is 0 Å². The summed E-state index contributed by atoms with van der Waals surface area (Å²) < 4.78 is 35.6. The Morgan fingerprint density at radius 3 is 2.63 bits per heavy atom. The largest absolute Gasteiger partial charge is 0.322 e. The summed E-state index contributed by atoms with van der Waals surface area (Å²) in [6, 6.07) is 4.50. The molecule has 1 amide bonds. The smallest absolute Gasteiger partial charge is 0.256 e. The van der Waals surface area contributed by atoms with Gasteiger partial charge in [0.25, 0.3) is 5.91 Å². The number of amides is 1. The second-order valence-electron chi connectivity index (χ2n) is 3.69. The SMILES string of the molecule is NS(=O)(=O)c1cc(F)cc(NC(=O)c2ccsc2)c1. The molecule has 8 heteroatoms. The Kier molecular flexibility index (Phi) is 3.65. The first kappa shape index (κ1) is 13.7. The van der Waals surface area contributed by atoms with Gasteiger partial charge in [-0.05, 0) is 29.6 Å². The van der Waals surface area contributed by atoms with Crippen molar-refractivity contribution in [3.8, 4) is 0 Å². The molecule has 0 aliphatic rings. The summed E-state index contributed by atoms with van der Waals surface area (Å²) in [7, 11) is -4.03. The van der Waals surface area contributed by atoms with Gasteiger partial charge in [0.1, 0.15) is 5.82 Å². The van der Waals surface area contributed by atoms with E-state index in [9.17, 15) is 17.6 Å². The van der Waals surface area contributed by atoms with Crippen molar-refractivity contribution in [1.29, 1.82) is 0 Å². The van der Waals surface area contributed by atoms with Crippen molar-refractivity contribution in [3.05, 3.63) is 46.4 Å². The van der Waals surface area contributed by atoms with Crippen LogP contribution in [0.15, 0.2) is 39.9 Å². The topological polar surface area (TPSA) is 89.3 Å². The standard InChI is InChI=1S/C11H9FN2O3S2/c12-8-3-9(5-10(4-8)19(13,16)17)14-11(15)7-1-2-18-6-7/h1-6H,(H,14,15)(H2,13,16,17). The molecule has 0 saturated heterocycles. The van der Waals surface area contributed by atoms with Gasteiger partial charge in [0, 0.05) is 11.1 Å². The normalized spacial score (nSPS) is 11.3. The minimum atomic E-state index is -4.03. The summed E-state index contributed by atoms with van der Waals surface area (Å²) >= 11 is 1.34. The van der Waals surface area contributed by atoms with Crippen LogP contribution in [0.25, 0.3) is 0 Å². The van der Waals surface area contributed by atoms with Crippen molar-refractivity contribution in [2.24, 2.45) is 5.14 Å². The van der Waals surface area contributed by atoms with E-state index in [2.05, 4.69) is 5.32 Å². The summed E-state index contributed by atoms with van der Waals surface area (Å²) in [5.41, 5.74) is 0.437. The fourth-order valence-electron chi connectivity index (χ4n) is 1.40. The summed E-state index contributed by atoms with van der Waals surface area (Å²) in [4.78, 5) is 11.3. The zero-order valence-corrected chi connectivity index (χ0v) is 11.1. The molecule has 2 aromatic rings. The third kappa shape index (κ3) is 3.37. The molecule has 0 fully saturated rings. The maximum atomic E-state index is 13.3. The van der Waals surface area contributed by atoms with Gasteiger partial charge in [0.05, 0.1) is 10.5 Å². The van der Waals surface area contributed by atoms with E-state index in [1.54, 1.807) is 16.8 Å². The van der Waals surface area contributed by atoms with Crippen molar-refractivity contribution in [2.45, 2.75) is 4.90 Å². The van der Waals surface area contributed by atoms with Gasteiger partial charge in [-0.1, -0.05) is 0 Å². The first-order chi connectivity index (χ1) is 8.86. The van der Waals surface area contributed by atoms with Gasteiger partial charge in [-0.3, -0.25) is 4.79 Å². The summed E-state index contributed by atoms with van der Waals surface area (Å²) in [6.07, 6.45) is 0. The van der Waals surface area contributed by atoms with Crippen LogP contribution in [0.4, 0.5) is 10.1 Å². The highest BCUT2D eigenvalue weighted by molar-refractivity contribution is 7.89. The molecule has 0 atom stereocenters. The van der Waals surface area contributed by atoms with Crippen LogP contribution in [0.5, 0.6) is 0 Å². The summed E-state index contributed by atoms with van der Waals surface area (Å²) in [6.45, 7) is 0. The van der Waals surface area contributed by atoms with E-state index in [-0.39, 0.29) is 5.69 Å². The molecule has 0 bridgehead atoms. The van der Waals surface area contributed by atoms with Crippen LogP contribution in [-0.2, 0) is 10.0 Å². The van der Waals surface area contributed by atoms with Crippen molar-refractivity contribution in [2.75, 3.05) is 5.32 Å². The number of rotatable bonds is 3. The molecule has 0 spiro atoms. The van der Waals surface area contributed by atoms with Gasteiger partial charge < -0.3 is 5.32 Å². The maximum Gasteiger partial charge on any atom is 0.256 e. The van der Waals surface area contributed by atoms with Gasteiger partial charge >= 0.3 is 0 Å². The molecule has 3 N–H and O–H groups in total. The van der Waals surface area contributed by atoms with Crippen molar-refractivity contribution in [1.82, 2.24) is 0 Å². The van der Waals surface area contributed by atoms with Crippen LogP contribution in [0.1, 0.15) is 10.4 Å². The molecule has 0 radical (unpaired) electrons. The molecule has 1 aromatic carbocycles. The molecule has 100 valence electrons. The lowest BCUT2D eigenvalue weighted by atomic mass is 10.2. The van der Waals surface area contributed by atoms with Crippen molar-refractivity contribution >= 4 is 33.0 Å². The minimum absolute atomic E-state index is 0.0280. The number of anilines is 1. The Balaban J connectivity index is 2.31. The zero-order chi connectivity index (χ0) is 14.0. The monoisotopic (exact) mass is 300 g/mol. The van der Waals surface area contributed by atoms with Gasteiger partial charge in [0.2, 0.25) is 10.0 Å². The number of nitrogens with two attached hydrogens (primary N) is 1. The predicted octanol–water partition coefficient (Wildman–Crippen LogP) is 1.79. The Morgan fingerprint density at radius 1 is 1.32 bits per heavy atom. The molecule has 5 nitrogen and oxygen atoms in total. The molecule has 1 heterocycles. The Morgan fingerprint density at radius 2 is 2.05 bits per heavy atom. The molecule has 0 saturated carbocycles. The highest BCUT2D eigenvalue weighted by Crippen LogP contribution is 2.18. The number of sulfonamides is 1. The summed E-state index contributed by atoms with van der Waals surface area (Å²) in [5.74, 6) is -1.25. The number of halogens is 1. The fraction of sp³-hybridized carbons (Fsp3) is 0. The third-order valence-corrected chi connectivity index (χ3v) is 3.82. The van der Waals surface area contributed by atoms with E-state index in [1.165, 1.54) is 11.3 Å². The Labute approximate surface area is 112 Å². The second kappa shape index (κ2) is 5.08. The number of thiophene rings is 1. The fourth-order valence-corrected chi connectivity index (χ4v) is 2.60. The van der Waals surface area contributed by atoms with Crippen LogP contribution >= 0.6 is 11.3 Å². The van der Waals surface area contributed by atoms with E-state index in [0.29, 0.717) is 5.56 Å². The second-order valence-corrected chi connectivity index (χ2v) is 6.03. The van der Waals surface area contributed by atoms with E-state index in [0.717, 1.165) is 18.2 Å². The highest BCUT2D eigenvalue weighted by Gasteiger charge is 2.13. The number of hydrogen-bond acceptors (Lipinski definition) is 4. The Hall–Kier alpha value is -1.77. The molecular weight excluding hydrogens is 291 g/mol. The van der Waals surface area contributed by atoms with Crippen LogP contribution < -0.4 is 10.5 Å². The first-order valence-electron chi connectivity index (χ1n) is 5.03.